The number of aromatic hydroxyl groups is 2. The molecule has 0 atom stereocenters. The van der Waals surface area contributed by atoms with Crippen LogP contribution in [0.25, 0.3) is 5.70 Å². The zero-order chi connectivity index (χ0) is 14.2. The van der Waals surface area contributed by atoms with Gasteiger partial charge < -0.3 is 15.1 Å². The molecule has 0 saturated heterocycles. The van der Waals surface area contributed by atoms with Crippen LogP contribution in [0.5, 0.6) is 11.8 Å². The maximum absolute atomic E-state index is 11.9. The zero-order valence-corrected chi connectivity index (χ0v) is 9.86. The van der Waals surface area contributed by atoms with E-state index in [1.807, 2.05) is 0 Å². The number of hydrogen-bond acceptors (Lipinski definition) is 6. The fourth-order valence-corrected chi connectivity index (χ4v) is 1.52. The van der Waals surface area contributed by atoms with Crippen molar-refractivity contribution in [1.82, 2.24) is 9.63 Å². The van der Waals surface area contributed by atoms with Crippen LogP contribution in [0.3, 0.4) is 0 Å². The third-order valence-corrected chi connectivity index (χ3v) is 2.43. The number of hydroxylamine groups is 2. The summed E-state index contributed by atoms with van der Waals surface area (Å²) < 4.78 is 0.764. The third kappa shape index (κ3) is 2.03. The molecule has 8 nitrogen and oxygen atoms in total. The number of nitrogens with zero attached hydrogens (tertiary/aromatic N) is 2. The highest BCUT2D eigenvalue weighted by atomic mass is 16.7. The molecule has 0 bridgehead atoms. The normalized spacial score (nSPS) is 14.8. The van der Waals surface area contributed by atoms with Crippen LogP contribution < -0.4 is 0 Å². The van der Waals surface area contributed by atoms with E-state index in [2.05, 4.69) is 4.84 Å². The molecule has 8 heteroatoms. The van der Waals surface area contributed by atoms with Crippen LogP contribution in [0.4, 0.5) is 0 Å². The lowest BCUT2D eigenvalue weighted by Gasteiger charge is -2.13. The first kappa shape index (κ1) is 12.7. The molecule has 2 rings (SSSR count). The predicted octanol–water partition coefficient (Wildman–Crippen LogP) is -0.0228. The third-order valence-electron chi connectivity index (χ3n) is 2.43. The van der Waals surface area contributed by atoms with Gasteiger partial charge in [0.05, 0.1) is 0 Å². The second-order valence-corrected chi connectivity index (χ2v) is 3.67. The fraction of sp³-hybridized carbons (Fsp3) is 0.182. The van der Waals surface area contributed by atoms with Gasteiger partial charge in [0.2, 0.25) is 0 Å². The van der Waals surface area contributed by atoms with Crippen molar-refractivity contribution in [2.24, 2.45) is 0 Å². The van der Waals surface area contributed by atoms with Gasteiger partial charge in [-0.1, -0.05) is 12.0 Å². The highest BCUT2D eigenvalue weighted by Gasteiger charge is 2.37. The van der Waals surface area contributed by atoms with E-state index in [0.29, 0.717) is 0 Å². The maximum atomic E-state index is 11.9. The average molecular weight is 266 g/mol. The molecule has 100 valence electrons. The Balaban J connectivity index is 2.32. The molecular formula is C11H10N2O6. The maximum Gasteiger partial charge on any atom is 0.332 e. The van der Waals surface area contributed by atoms with E-state index in [1.54, 1.807) is 0 Å². The van der Waals surface area contributed by atoms with Crippen LogP contribution in [-0.2, 0) is 19.2 Å². The van der Waals surface area contributed by atoms with Gasteiger partial charge in [-0.2, -0.15) is 0 Å². The standard InChI is InChI=1S/C11H10N2O6/c1-2-10(17)19-13-9(16)5-6(11(13)18)12-7(14)3-4-8(12)15/h3-5,14-15H,2H2,1H3. The van der Waals surface area contributed by atoms with E-state index in [4.69, 9.17) is 0 Å². The van der Waals surface area contributed by atoms with Crippen LogP contribution in [0.2, 0.25) is 0 Å². The second-order valence-electron chi connectivity index (χ2n) is 3.67. The van der Waals surface area contributed by atoms with Crippen molar-refractivity contribution in [3.05, 3.63) is 18.2 Å². The van der Waals surface area contributed by atoms with E-state index in [1.165, 1.54) is 6.92 Å². The number of amides is 2. The SMILES string of the molecule is CCC(=O)ON1C(=O)C=C(n2c(O)ccc2O)C1=O. The molecule has 0 aromatic carbocycles. The van der Waals surface area contributed by atoms with E-state index in [-0.39, 0.29) is 17.2 Å². The van der Waals surface area contributed by atoms with Gasteiger partial charge in [-0.15, -0.1) is 0 Å². The number of aromatic nitrogens is 1. The first-order chi connectivity index (χ1) is 8.95. The minimum atomic E-state index is -0.950. The van der Waals surface area contributed by atoms with Crippen molar-refractivity contribution >= 4 is 23.5 Å². The highest BCUT2D eigenvalue weighted by Crippen LogP contribution is 2.29. The smallest absolute Gasteiger partial charge is 0.332 e. The summed E-state index contributed by atoms with van der Waals surface area (Å²) in [5.74, 6) is -3.41. The Labute approximate surface area is 107 Å². The molecular weight excluding hydrogens is 256 g/mol. The van der Waals surface area contributed by atoms with Crippen molar-refractivity contribution in [1.29, 1.82) is 0 Å². The molecule has 19 heavy (non-hydrogen) atoms. The quantitative estimate of drug-likeness (QED) is 0.744. The molecule has 1 aromatic rings. The fourth-order valence-electron chi connectivity index (χ4n) is 1.52. The molecule has 2 amide bonds. The molecule has 1 aliphatic heterocycles. The molecule has 1 aromatic heterocycles. The zero-order valence-electron chi connectivity index (χ0n) is 9.86. The van der Waals surface area contributed by atoms with Gasteiger partial charge in [-0.25, -0.2) is 9.36 Å². The molecule has 1 aliphatic rings. The van der Waals surface area contributed by atoms with Gasteiger partial charge in [0, 0.05) is 24.6 Å². The summed E-state index contributed by atoms with van der Waals surface area (Å²) in [5.41, 5.74) is -0.311. The Bertz CT molecular complexity index is 581. The Kier molecular flexibility index (Phi) is 2.99. The van der Waals surface area contributed by atoms with Gasteiger partial charge in [-0.3, -0.25) is 9.59 Å². The van der Waals surface area contributed by atoms with Crippen LogP contribution in [-0.4, -0.2) is 37.6 Å². The van der Waals surface area contributed by atoms with Crippen molar-refractivity contribution in [3.8, 4) is 11.8 Å². The second kappa shape index (κ2) is 4.48. The Morgan fingerprint density at radius 2 is 1.84 bits per heavy atom. The summed E-state index contributed by atoms with van der Waals surface area (Å²) in [4.78, 5) is 39.1. The predicted molar refractivity (Wildman–Crippen MR) is 60.3 cm³/mol. The molecule has 0 aliphatic carbocycles. The van der Waals surface area contributed by atoms with Crippen molar-refractivity contribution in [2.45, 2.75) is 13.3 Å². The molecule has 0 saturated carbocycles. The number of hydrogen-bond donors (Lipinski definition) is 2. The molecule has 0 radical (unpaired) electrons. The Morgan fingerprint density at radius 3 is 2.37 bits per heavy atom. The lowest BCUT2D eigenvalue weighted by molar-refractivity contribution is -0.195. The largest absolute Gasteiger partial charge is 0.494 e. The summed E-state index contributed by atoms with van der Waals surface area (Å²) >= 11 is 0. The van der Waals surface area contributed by atoms with Crippen LogP contribution in [0.1, 0.15) is 13.3 Å². The van der Waals surface area contributed by atoms with E-state index in [9.17, 15) is 24.6 Å². The summed E-state index contributed by atoms with van der Waals surface area (Å²) in [6, 6.07) is 2.29. The van der Waals surface area contributed by atoms with Gasteiger partial charge in [0.15, 0.2) is 11.8 Å². The molecule has 0 fully saturated rings. The summed E-state index contributed by atoms with van der Waals surface area (Å²) in [6.07, 6.45) is 0.844. The van der Waals surface area contributed by atoms with Crippen LogP contribution >= 0.6 is 0 Å². The Morgan fingerprint density at radius 1 is 1.26 bits per heavy atom. The lowest BCUT2D eigenvalue weighted by Crippen LogP contribution is -2.33. The lowest BCUT2D eigenvalue weighted by atomic mass is 10.4. The summed E-state index contributed by atoms with van der Waals surface area (Å²) in [5, 5.41) is 19.2. The first-order valence-electron chi connectivity index (χ1n) is 5.36. The first-order valence-corrected chi connectivity index (χ1v) is 5.36. The number of carbonyl (C=O) groups excluding carboxylic acids is 3. The number of carbonyl (C=O) groups is 3. The average Bonchev–Trinajstić information content (AvgIpc) is 2.83. The van der Waals surface area contributed by atoms with Crippen LogP contribution in [0, 0.1) is 0 Å². The van der Waals surface area contributed by atoms with Crippen molar-refractivity contribution in [3.63, 3.8) is 0 Å². The van der Waals surface area contributed by atoms with Gasteiger partial charge in [-0.05, 0) is 0 Å². The van der Waals surface area contributed by atoms with E-state index >= 15 is 0 Å². The van der Waals surface area contributed by atoms with Crippen molar-refractivity contribution < 1.29 is 29.4 Å². The van der Waals surface area contributed by atoms with Gasteiger partial charge in [0.1, 0.15) is 5.70 Å². The molecule has 0 unspecified atom stereocenters. The topological polar surface area (TPSA) is 109 Å². The minimum absolute atomic E-state index is 0.00753. The van der Waals surface area contributed by atoms with Gasteiger partial charge in [0.25, 0.3) is 5.91 Å². The van der Waals surface area contributed by atoms with Crippen molar-refractivity contribution in [2.75, 3.05) is 0 Å². The van der Waals surface area contributed by atoms with Crippen LogP contribution in [0.15, 0.2) is 18.2 Å². The number of imide groups is 1. The van der Waals surface area contributed by atoms with E-state index < -0.39 is 29.5 Å². The molecule has 2 N–H and O–H groups in total. The van der Waals surface area contributed by atoms with Gasteiger partial charge >= 0.3 is 11.9 Å². The monoisotopic (exact) mass is 266 g/mol. The highest BCUT2D eigenvalue weighted by molar-refractivity contribution is 6.29. The molecule has 2 heterocycles. The summed E-state index contributed by atoms with van der Waals surface area (Å²) in [7, 11) is 0. The summed E-state index contributed by atoms with van der Waals surface area (Å²) in [6.45, 7) is 1.51. The minimum Gasteiger partial charge on any atom is -0.494 e. The van der Waals surface area contributed by atoms with E-state index in [0.717, 1.165) is 22.8 Å². The molecule has 0 spiro atoms. The number of rotatable bonds is 3. The Hall–Kier alpha value is -2.77.